The van der Waals surface area contributed by atoms with Crippen LogP contribution in [-0.2, 0) is 9.47 Å². The van der Waals surface area contributed by atoms with E-state index >= 15 is 0 Å². The first-order chi connectivity index (χ1) is 7.92. The highest BCUT2D eigenvalue weighted by molar-refractivity contribution is 5.89. The van der Waals surface area contributed by atoms with Crippen molar-refractivity contribution < 1.29 is 14.3 Å². The normalized spacial score (nSPS) is 11.5. The summed E-state index contributed by atoms with van der Waals surface area (Å²) in [7, 11) is 1.59. The molecule has 92 valence electrons. The first-order valence-electron chi connectivity index (χ1n) is 5.45. The number of rotatable bonds is 3. The molecule has 0 atom stereocenters. The third kappa shape index (κ3) is 4.72. The van der Waals surface area contributed by atoms with E-state index in [1.54, 1.807) is 25.5 Å². The molecule has 0 spiro atoms. The number of carbonyl (C=O) groups excluding carboxylic acids is 1. The predicted molar refractivity (Wildman–Crippen MR) is 67.7 cm³/mol. The quantitative estimate of drug-likeness (QED) is 0.595. The highest BCUT2D eigenvalue weighted by Crippen LogP contribution is 2.13. The average Bonchev–Trinajstić information content (AvgIpc) is 2.24. The minimum atomic E-state index is -0.467. The summed E-state index contributed by atoms with van der Waals surface area (Å²) in [5, 5.41) is 0. The van der Waals surface area contributed by atoms with Crippen molar-refractivity contribution in [3.8, 4) is 0 Å². The Bertz CT molecular complexity index is 396. The monoisotopic (exact) mass is 234 g/mol. The van der Waals surface area contributed by atoms with Crippen LogP contribution < -0.4 is 0 Å². The first kappa shape index (κ1) is 13.3. The molecule has 0 aliphatic rings. The van der Waals surface area contributed by atoms with E-state index in [-0.39, 0.29) is 5.97 Å². The second-order valence-electron chi connectivity index (χ2n) is 4.66. The third-order valence-corrected chi connectivity index (χ3v) is 1.94. The van der Waals surface area contributed by atoms with Gasteiger partial charge in [-0.25, -0.2) is 4.79 Å². The summed E-state index contributed by atoms with van der Waals surface area (Å²) >= 11 is 0. The Balaban J connectivity index is 2.74. The van der Waals surface area contributed by atoms with E-state index in [0.29, 0.717) is 5.56 Å². The lowest BCUT2D eigenvalue weighted by Gasteiger charge is -2.19. The lowest BCUT2D eigenvalue weighted by molar-refractivity contribution is 0.00696. The molecule has 0 N–H and O–H groups in total. The smallest absolute Gasteiger partial charge is 0.338 e. The average molecular weight is 234 g/mol. The second kappa shape index (κ2) is 5.53. The molecule has 3 heteroatoms. The Morgan fingerprint density at radius 2 is 1.76 bits per heavy atom. The van der Waals surface area contributed by atoms with Gasteiger partial charge in [-0.05, 0) is 44.5 Å². The number of methoxy groups -OCH3 is 1. The summed E-state index contributed by atoms with van der Waals surface area (Å²) in [4.78, 5) is 11.7. The summed E-state index contributed by atoms with van der Waals surface area (Å²) in [6.45, 7) is 5.54. The van der Waals surface area contributed by atoms with Crippen LogP contribution in [0.2, 0.25) is 0 Å². The fraction of sp³-hybridized carbons (Fsp3) is 0.357. The van der Waals surface area contributed by atoms with Crippen molar-refractivity contribution in [3.05, 3.63) is 41.7 Å². The van der Waals surface area contributed by atoms with Crippen LogP contribution in [0.5, 0.6) is 0 Å². The zero-order chi connectivity index (χ0) is 12.9. The van der Waals surface area contributed by atoms with Crippen molar-refractivity contribution in [1.82, 2.24) is 0 Å². The zero-order valence-electron chi connectivity index (χ0n) is 10.7. The van der Waals surface area contributed by atoms with Crippen LogP contribution in [0, 0.1) is 0 Å². The van der Waals surface area contributed by atoms with Crippen molar-refractivity contribution in [1.29, 1.82) is 0 Å². The van der Waals surface area contributed by atoms with Gasteiger partial charge in [0.15, 0.2) is 0 Å². The van der Waals surface area contributed by atoms with Crippen molar-refractivity contribution in [2.45, 2.75) is 26.4 Å². The summed E-state index contributed by atoms with van der Waals surface area (Å²) in [6, 6.07) is 7.16. The molecule has 17 heavy (non-hydrogen) atoms. The molecular formula is C14H18O3. The van der Waals surface area contributed by atoms with Crippen LogP contribution in [0.15, 0.2) is 30.5 Å². The molecule has 0 bridgehead atoms. The molecular weight excluding hydrogens is 216 g/mol. The van der Waals surface area contributed by atoms with Gasteiger partial charge in [0.25, 0.3) is 0 Å². The number of benzene rings is 1. The van der Waals surface area contributed by atoms with E-state index < -0.39 is 5.60 Å². The molecule has 0 unspecified atom stereocenters. The van der Waals surface area contributed by atoms with Gasteiger partial charge in [0.05, 0.1) is 18.9 Å². The van der Waals surface area contributed by atoms with Crippen molar-refractivity contribution in [3.63, 3.8) is 0 Å². The molecule has 3 nitrogen and oxygen atoms in total. The maximum atomic E-state index is 11.7. The van der Waals surface area contributed by atoms with Gasteiger partial charge >= 0.3 is 5.97 Å². The van der Waals surface area contributed by atoms with Gasteiger partial charge in [-0.1, -0.05) is 12.1 Å². The molecule has 1 aromatic carbocycles. The molecule has 0 aliphatic heterocycles. The number of carbonyl (C=O) groups is 1. The fourth-order valence-corrected chi connectivity index (χ4v) is 1.21. The van der Waals surface area contributed by atoms with Gasteiger partial charge < -0.3 is 9.47 Å². The number of hydrogen-bond acceptors (Lipinski definition) is 3. The Labute approximate surface area is 102 Å². The summed E-state index contributed by atoms with van der Waals surface area (Å²) in [5.74, 6) is -0.306. The third-order valence-electron chi connectivity index (χ3n) is 1.94. The van der Waals surface area contributed by atoms with Gasteiger partial charge in [-0.3, -0.25) is 0 Å². The van der Waals surface area contributed by atoms with Gasteiger partial charge in [-0.15, -0.1) is 0 Å². The van der Waals surface area contributed by atoms with E-state index in [0.717, 1.165) is 5.56 Å². The Kier molecular flexibility index (Phi) is 4.32. The van der Waals surface area contributed by atoms with Crippen LogP contribution >= 0.6 is 0 Å². The van der Waals surface area contributed by atoms with Gasteiger partial charge in [-0.2, -0.15) is 0 Å². The van der Waals surface area contributed by atoms with Crippen LogP contribution in [0.25, 0.3) is 6.08 Å². The van der Waals surface area contributed by atoms with Crippen LogP contribution in [-0.4, -0.2) is 18.7 Å². The maximum Gasteiger partial charge on any atom is 0.338 e. The van der Waals surface area contributed by atoms with Crippen molar-refractivity contribution >= 4 is 12.0 Å². The lowest BCUT2D eigenvalue weighted by Crippen LogP contribution is -2.23. The standard InChI is InChI=1S/C14H18O3/c1-14(2,3)17-13(15)12-7-5-11(6-8-12)9-10-16-4/h5-10H,1-4H3. The van der Waals surface area contributed by atoms with Gasteiger partial charge in [0, 0.05) is 0 Å². The first-order valence-corrected chi connectivity index (χ1v) is 5.45. The summed E-state index contributed by atoms with van der Waals surface area (Å²) < 4.78 is 10.1. The van der Waals surface area contributed by atoms with Crippen molar-refractivity contribution in [2.24, 2.45) is 0 Å². The highest BCUT2D eigenvalue weighted by Gasteiger charge is 2.17. The Morgan fingerprint density at radius 1 is 1.18 bits per heavy atom. The molecule has 0 amide bonds. The number of esters is 1. The van der Waals surface area contributed by atoms with E-state index in [1.165, 1.54) is 0 Å². The van der Waals surface area contributed by atoms with E-state index in [4.69, 9.17) is 9.47 Å². The molecule has 0 heterocycles. The minimum Gasteiger partial charge on any atom is -0.504 e. The van der Waals surface area contributed by atoms with Gasteiger partial charge in [0.2, 0.25) is 0 Å². The Morgan fingerprint density at radius 3 is 2.24 bits per heavy atom. The second-order valence-corrected chi connectivity index (χ2v) is 4.66. The highest BCUT2D eigenvalue weighted by atomic mass is 16.6. The van der Waals surface area contributed by atoms with Crippen LogP contribution in [0.4, 0.5) is 0 Å². The largest absolute Gasteiger partial charge is 0.504 e. The molecule has 0 fully saturated rings. The molecule has 1 aromatic rings. The molecule has 0 radical (unpaired) electrons. The van der Waals surface area contributed by atoms with Crippen LogP contribution in [0.3, 0.4) is 0 Å². The topological polar surface area (TPSA) is 35.5 Å². The van der Waals surface area contributed by atoms with E-state index in [2.05, 4.69) is 0 Å². The minimum absolute atomic E-state index is 0.306. The zero-order valence-corrected chi connectivity index (χ0v) is 10.7. The van der Waals surface area contributed by atoms with Gasteiger partial charge in [0.1, 0.15) is 5.60 Å². The number of ether oxygens (including phenoxy) is 2. The van der Waals surface area contributed by atoms with E-state index in [9.17, 15) is 4.79 Å². The fourth-order valence-electron chi connectivity index (χ4n) is 1.21. The summed E-state index contributed by atoms with van der Waals surface area (Å²) in [6.07, 6.45) is 3.40. The van der Waals surface area contributed by atoms with E-state index in [1.807, 2.05) is 39.0 Å². The predicted octanol–water partition coefficient (Wildman–Crippen LogP) is 3.26. The van der Waals surface area contributed by atoms with Crippen LogP contribution in [0.1, 0.15) is 36.7 Å². The number of hydrogen-bond donors (Lipinski definition) is 0. The maximum absolute atomic E-state index is 11.7. The molecule has 1 rings (SSSR count). The molecule has 0 saturated heterocycles. The molecule has 0 aromatic heterocycles. The molecule has 0 saturated carbocycles. The SMILES string of the molecule is COC=Cc1ccc(C(=O)OC(C)(C)C)cc1. The van der Waals surface area contributed by atoms with Crippen molar-refractivity contribution in [2.75, 3.05) is 7.11 Å². The molecule has 0 aliphatic carbocycles. The Hall–Kier alpha value is -1.77. The summed E-state index contributed by atoms with van der Waals surface area (Å²) in [5.41, 5.74) is 1.06. The lowest BCUT2D eigenvalue weighted by atomic mass is 10.1.